The van der Waals surface area contributed by atoms with Crippen molar-refractivity contribution in [2.45, 2.75) is 31.8 Å². The molecule has 16 heavy (non-hydrogen) atoms. The summed E-state index contributed by atoms with van der Waals surface area (Å²) in [6, 6.07) is 5.61. The molecule has 0 aromatic heterocycles. The third-order valence-electron chi connectivity index (χ3n) is 2.83. The lowest BCUT2D eigenvalue weighted by molar-refractivity contribution is 0.209. The SMILES string of the molecule is N=C(N)c1cc(Br)ccc1OC1CCCC1. The number of nitrogens with two attached hydrogens (primary N) is 1. The summed E-state index contributed by atoms with van der Waals surface area (Å²) in [5.74, 6) is 0.775. The van der Waals surface area contributed by atoms with Crippen molar-refractivity contribution in [2.75, 3.05) is 0 Å². The zero-order valence-electron chi connectivity index (χ0n) is 9.00. The van der Waals surface area contributed by atoms with Crippen LogP contribution in [-0.4, -0.2) is 11.9 Å². The molecule has 1 aromatic carbocycles. The van der Waals surface area contributed by atoms with E-state index in [0.29, 0.717) is 11.7 Å². The van der Waals surface area contributed by atoms with E-state index in [4.69, 9.17) is 15.9 Å². The molecule has 2 rings (SSSR count). The molecule has 1 saturated carbocycles. The quantitative estimate of drug-likeness (QED) is 0.661. The molecule has 1 aromatic rings. The topological polar surface area (TPSA) is 59.1 Å². The van der Waals surface area contributed by atoms with Crippen LogP contribution in [0, 0.1) is 5.41 Å². The molecule has 4 heteroatoms. The molecule has 0 aliphatic heterocycles. The van der Waals surface area contributed by atoms with Gasteiger partial charge in [-0.2, -0.15) is 0 Å². The van der Waals surface area contributed by atoms with E-state index in [9.17, 15) is 0 Å². The summed E-state index contributed by atoms with van der Waals surface area (Å²) in [4.78, 5) is 0. The van der Waals surface area contributed by atoms with Gasteiger partial charge in [0.25, 0.3) is 0 Å². The molecule has 0 spiro atoms. The Morgan fingerprint density at radius 2 is 2.06 bits per heavy atom. The van der Waals surface area contributed by atoms with Crippen LogP contribution in [0.15, 0.2) is 22.7 Å². The molecule has 0 unspecified atom stereocenters. The normalized spacial score (nSPS) is 16.3. The molecule has 0 saturated heterocycles. The van der Waals surface area contributed by atoms with Gasteiger partial charge in [-0.3, -0.25) is 5.41 Å². The standard InChI is InChI=1S/C12H15BrN2O/c13-8-5-6-11(10(7-8)12(14)15)16-9-3-1-2-4-9/h5-7,9H,1-4H2,(H3,14,15). The van der Waals surface area contributed by atoms with E-state index >= 15 is 0 Å². The number of nitrogen functional groups attached to an aromatic ring is 1. The lowest BCUT2D eigenvalue weighted by Crippen LogP contribution is -2.17. The summed E-state index contributed by atoms with van der Waals surface area (Å²) >= 11 is 3.37. The third-order valence-corrected chi connectivity index (χ3v) is 3.32. The Kier molecular flexibility index (Phi) is 3.49. The molecule has 3 N–H and O–H groups in total. The second-order valence-electron chi connectivity index (χ2n) is 4.08. The maximum absolute atomic E-state index is 7.52. The summed E-state index contributed by atoms with van der Waals surface area (Å²) < 4.78 is 6.79. The van der Waals surface area contributed by atoms with Gasteiger partial charge in [-0.25, -0.2) is 0 Å². The molecular formula is C12H15BrN2O. The van der Waals surface area contributed by atoms with E-state index < -0.39 is 0 Å². The van der Waals surface area contributed by atoms with Crippen molar-refractivity contribution in [1.82, 2.24) is 0 Å². The van der Waals surface area contributed by atoms with Crippen molar-refractivity contribution in [3.8, 4) is 5.75 Å². The minimum atomic E-state index is 0.0503. The lowest BCUT2D eigenvalue weighted by atomic mass is 10.2. The van der Waals surface area contributed by atoms with Crippen LogP contribution in [0.4, 0.5) is 0 Å². The molecule has 0 radical (unpaired) electrons. The Morgan fingerprint density at radius 1 is 1.38 bits per heavy atom. The highest BCUT2D eigenvalue weighted by molar-refractivity contribution is 9.10. The van der Waals surface area contributed by atoms with Crippen LogP contribution in [0.1, 0.15) is 31.2 Å². The van der Waals surface area contributed by atoms with Crippen LogP contribution in [-0.2, 0) is 0 Å². The molecule has 1 aliphatic rings. The average molecular weight is 283 g/mol. The monoisotopic (exact) mass is 282 g/mol. The zero-order valence-corrected chi connectivity index (χ0v) is 10.6. The number of nitrogens with one attached hydrogen (secondary N) is 1. The fourth-order valence-electron chi connectivity index (χ4n) is 2.00. The molecule has 1 aliphatic carbocycles. The second-order valence-corrected chi connectivity index (χ2v) is 4.99. The van der Waals surface area contributed by atoms with Crippen LogP contribution in [0.5, 0.6) is 5.75 Å². The van der Waals surface area contributed by atoms with Gasteiger partial charge in [0.1, 0.15) is 11.6 Å². The number of ether oxygens (including phenoxy) is 1. The first kappa shape index (κ1) is 11.5. The second kappa shape index (κ2) is 4.87. The van der Waals surface area contributed by atoms with Gasteiger partial charge in [-0.15, -0.1) is 0 Å². The minimum Gasteiger partial charge on any atom is -0.490 e. The van der Waals surface area contributed by atoms with Gasteiger partial charge in [-0.1, -0.05) is 15.9 Å². The van der Waals surface area contributed by atoms with Gasteiger partial charge in [0.15, 0.2) is 0 Å². The fraction of sp³-hybridized carbons (Fsp3) is 0.417. The molecular weight excluding hydrogens is 268 g/mol. The molecule has 1 fully saturated rings. The van der Waals surface area contributed by atoms with E-state index in [1.807, 2.05) is 18.2 Å². The summed E-state index contributed by atoms with van der Waals surface area (Å²) in [5.41, 5.74) is 6.21. The fourth-order valence-corrected chi connectivity index (χ4v) is 2.36. The first-order valence-electron chi connectivity index (χ1n) is 5.47. The highest BCUT2D eigenvalue weighted by atomic mass is 79.9. The van der Waals surface area contributed by atoms with Gasteiger partial charge in [0.2, 0.25) is 0 Å². The number of rotatable bonds is 3. The van der Waals surface area contributed by atoms with Crippen molar-refractivity contribution in [3.63, 3.8) is 0 Å². The Bertz CT molecular complexity index is 400. The predicted octanol–water partition coefficient (Wildman–Crippen LogP) is 3.05. The average Bonchev–Trinajstić information content (AvgIpc) is 2.73. The number of benzene rings is 1. The molecule has 86 valence electrons. The van der Waals surface area contributed by atoms with Crippen LogP contribution in [0.3, 0.4) is 0 Å². The van der Waals surface area contributed by atoms with Crippen molar-refractivity contribution in [2.24, 2.45) is 5.73 Å². The Morgan fingerprint density at radius 3 is 2.69 bits per heavy atom. The van der Waals surface area contributed by atoms with E-state index in [2.05, 4.69) is 15.9 Å². The van der Waals surface area contributed by atoms with Gasteiger partial charge < -0.3 is 10.5 Å². The van der Waals surface area contributed by atoms with E-state index in [1.165, 1.54) is 12.8 Å². The molecule has 0 amide bonds. The van der Waals surface area contributed by atoms with Crippen molar-refractivity contribution in [3.05, 3.63) is 28.2 Å². The first-order valence-corrected chi connectivity index (χ1v) is 6.27. The highest BCUT2D eigenvalue weighted by Gasteiger charge is 2.18. The van der Waals surface area contributed by atoms with Crippen LogP contribution < -0.4 is 10.5 Å². The van der Waals surface area contributed by atoms with E-state index in [-0.39, 0.29) is 5.84 Å². The minimum absolute atomic E-state index is 0.0503. The van der Waals surface area contributed by atoms with Gasteiger partial charge in [0, 0.05) is 4.47 Å². The third kappa shape index (κ3) is 2.55. The highest BCUT2D eigenvalue weighted by Crippen LogP contribution is 2.28. The number of hydrogen-bond acceptors (Lipinski definition) is 2. The van der Waals surface area contributed by atoms with Crippen LogP contribution in [0.25, 0.3) is 0 Å². The van der Waals surface area contributed by atoms with Gasteiger partial charge in [-0.05, 0) is 43.9 Å². The predicted molar refractivity (Wildman–Crippen MR) is 68.0 cm³/mol. The van der Waals surface area contributed by atoms with Crippen LogP contribution in [0.2, 0.25) is 0 Å². The van der Waals surface area contributed by atoms with E-state index in [1.54, 1.807) is 0 Å². The van der Waals surface area contributed by atoms with Crippen molar-refractivity contribution in [1.29, 1.82) is 5.41 Å². The molecule has 0 atom stereocenters. The summed E-state index contributed by atoms with van der Waals surface area (Å²) in [5, 5.41) is 7.52. The lowest BCUT2D eigenvalue weighted by Gasteiger charge is -2.16. The number of halogens is 1. The Balaban J connectivity index is 2.21. The van der Waals surface area contributed by atoms with E-state index in [0.717, 1.165) is 23.1 Å². The smallest absolute Gasteiger partial charge is 0.130 e. The molecule has 3 nitrogen and oxygen atoms in total. The molecule has 0 heterocycles. The Hall–Kier alpha value is -1.03. The van der Waals surface area contributed by atoms with Gasteiger partial charge in [0.05, 0.1) is 11.7 Å². The number of hydrogen-bond donors (Lipinski definition) is 2. The summed E-state index contributed by atoms with van der Waals surface area (Å²) in [7, 11) is 0. The zero-order chi connectivity index (χ0) is 11.5. The maximum atomic E-state index is 7.52. The Labute approximate surface area is 104 Å². The number of amidine groups is 1. The summed E-state index contributed by atoms with van der Waals surface area (Å²) in [6.45, 7) is 0. The van der Waals surface area contributed by atoms with Gasteiger partial charge >= 0.3 is 0 Å². The largest absolute Gasteiger partial charge is 0.490 e. The first-order chi connectivity index (χ1) is 7.66. The molecule has 0 bridgehead atoms. The van der Waals surface area contributed by atoms with Crippen molar-refractivity contribution >= 4 is 21.8 Å². The van der Waals surface area contributed by atoms with Crippen molar-refractivity contribution < 1.29 is 4.74 Å². The summed E-state index contributed by atoms with van der Waals surface area (Å²) in [6.07, 6.45) is 4.97. The maximum Gasteiger partial charge on any atom is 0.130 e. The van der Waals surface area contributed by atoms with Crippen LogP contribution >= 0.6 is 15.9 Å².